The van der Waals surface area contributed by atoms with Crippen molar-refractivity contribution < 1.29 is 23.0 Å². The standard InChI is InChI=1S/C27H24ClF2N4O3S/c1-3-4-10-36-24-20-23(37-11-7-14-13-33-8-9-34(14)27(20)35)21(28)19(22(24)30)15-5-6-17(29)25-18(15)16(12-31)26(32-2)38-25/h2,5-6,14,33H,3-4,7-11,13H2,1H3/q+1/t14-/m0/s1. The average molecular weight is 558 g/mol. The minimum Gasteiger partial charge on any atom is -0.491 e. The van der Waals surface area contributed by atoms with Gasteiger partial charge in [0.1, 0.15) is 17.4 Å². The zero-order chi connectivity index (χ0) is 27.0. The van der Waals surface area contributed by atoms with E-state index in [1.807, 2.05) is 13.0 Å². The molecule has 0 aliphatic carbocycles. The van der Waals surface area contributed by atoms with Gasteiger partial charge in [-0.05, 0) is 34.2 Å². The number of benzene rings is 2. The Hall–Kier alpha value is -3.44. The number of nitriles is 1. The molecule has 1 atom stereocenters. The largest absolute Gasteiger partial charge is 0.491 e. The summed E-state index contributed by atoms with van der Waals surface area (Å²) in [6.45, 7) is 9.46. The number of hydrogen-bond acceptors (Lipinski definition) is 6. The summed E-state index contributed by atoms with van der Waals surface area (Å²) in [6.07, 6.45) is 1.97. The first-order valence-electron chi connectivity index (χ1n) is 12.3. The molecule has 0 unspecified atom stereocenters. The van der Waals surface area contributed by atoms with Crippen LogP contribution in [-0.2, 0) is 0 Å². The molecule has 3 aromatic rings. The van der Waals surface area contributed by atoms with Crippen molar-refractivity contribution in [2.24, 2.45) is 0 Å². The van der Waals surface area contributed by atoms with Crippen LogP contribution in [0.2, 0.25) is 5.02 Å². The maximum Gasteiger partial charge on any atom is 0.414 e. The van der Waals surface area contributed by atoms with E-state index in [-0.39, 0.29) is 73.1 Å². The number of halogens is 3. The fraction of sp³-hybridized carbons (Fsp3) is 0.370. The van der Waals surface area contributed by atoms with Crippen molar-refractivity contribution in [3.05, 3.63) is 44.8 Å². The average Bonchev–Trinajstić information content (AvgIpc) is 3.31. The van der Waals surface area contributed by atoms with E-state index in [0.29, 0.717) is 32.5 Å². The van der Waals surface area contributed by atoms with Gasteiger partial charge in [0.2, 0.25) is 0 Å². The highest BCUT2D eigenvalue weighted by molar-refractivity contribution is 7.23. The van der Waals surface area contributed by atoms with Gasteiger partial charge < -0.3 is 19.7 Å². The normalized spacial score (nSPS) is 17.1. The van der Waals surface area contributed by atoms with Gasteiger partial charge in [0.05, 0.1) is 22.9 Å². The number of nitrogens with one attached hydrogen (secondary N) is 1. The Morgan fingerprint density at radius 1 is 1.39 bits per heavy atom. The molecule has 0 bridgehead atoms. The van der Waals surface area contributed by atoms with Gasteiger partial charge in [0, 0.05) is 43.0 Å². The minimum atomic E-state index is -0.886. The molecule has 5 rings (SSSR count). The van der Waals surface area contributed by atoms with Gasteiger partial charge in [0.25, 0.3) is 12.5 Å². The molecule has 2 aliphatic rings. The first-order chi connectivity index (χ1) is 18.4. The number of fused-ring (bicyclic) bond motifs is 3. The van der Waals surface area contributed by atoms with Crippen molar-refractivity contribution in [2.45, 2.75) is 32.2 Å². The van der Waals surface area contributed by atoms with Gasteiger partial charge in [-0.25, -0.2) is 8.78 Å². The van der Waals surface area contributed by atoms with E-state index >= 15 is 4.39 Å². The molecule has 0 saturated carbocycles. The maximum atomic E-state index is 16.5. The molecule has 1 aromatic heterocycles. The maximum absolute atomic E-state index is 16.5. The van der Waals surface area contributed by atoms with Crippen molar-refractivity contribution in [1.29, 1.82) is 5.26 Å². The van der Waals surface area contributed by atoms with Crippen molar-refractivity contribution in [3.8, 4) is 35.3 Å². The van der Waals surface area contributed by atoms with Crippen LogP contribution >= 0.6 is 22.9 Å². The van der Waals surface area contributed by atoms with E-state index in [2.05, 4.69) is 10.2 Å². The first kappa shape index (κ1) is 26.2. The molecule has 196 valence electrons. The van der Waals surface area contributed by atoms with Gasteiger partial charge in [-0.3, -0.25) is 4.79 Å². The second-order valence-corrected chi connectivity index (χ2v) is 10.4. The molecule has 1 N–H and O–H groups in total. The third-order valence-corrected chi connectivity index (χ3v) is 8.30. The number of rotatable bonds is 5. The molecular weight excluding hydrogens is 534 g/mol. The Balaban J connectivity index is 1.81. The van der Waals surface area contributed by atoms with E-state index in [1.54, 1.807) is 4.90 Å². The molecular formula is C27H24ClF2N4O3S+. The monoisotopic (exact) mass is 557 g/mol. The van der Waals surface area contributed by atoms with Crippen LogP contribution in [0.5, 0.6) is 11.5 Å². The zero-order valence-corrected chi connectivity index (χ0v) is 22.1. The Kier molecular flexibility index (Phi) is 7.40. The topological polar surface area (TPSA) is 79.0 Å². The van der Waals surface area contributed by atoms with E-state index in [4.69, 9.17) is 27.6 Å². The Morgan fingerprint density at radius 3 is 2.95 bits per heavy atom. The molecule has 7 nitrogen and oxygen atoms in total. The summed E-state index contributed by atoms with van der Waals surface area (Å²) < 4.78 is 43.4. The molecule has 1 fully saturated rings. The third kappa shape index (κ3) is 4.23. The summed E-state index contributed by atoms with van der Waals surface area (Å²) in [5.41, 5.74) is -0.0722. The van der Waals surface area contributed by atoms with Crippen LogP contribution in [0, 0.1) is 29.5 Å². The van der Waals surface area contributed by atoms with Crippen LogP contribution < -0.4 is 14.8 Å². The number of hydrogen-bond donors (Lipinski definition) is 1. The number of ether oxygens (including phenoxy) is 2. The van der Waals surface area contributed by atoms with Crippen LogP contribution in [0.4, 0.5) is 13.8 Å². The summed E-state index contributed by atoms with van der Waals surface area (Å²) in [7, 11) is 0. The Labute approximate surface area is 227 Å². The van der Waals surface area contributed by atoms with Crippen LogP contribution in [0.1, 0.15) is 42.1 Å². The smallest absolute Gasteiger partial charge is 0.414 e. The number of thiophene rings is 1. The summed E-state index contributed by atoms with van der Waals surface area (Å²) in [5, 5.41) is 13.2. The molecule has 0 spiro atoms. The molecule has 2 aromatic carbocycles. The van der Waals surface area contributed by atoms with Gasteiger partial charge in [0.15, 0.2) is 22.9 Å². The molecule has 2 aliphatic heterocycles. The van der Waals surface area contributed by atoms with E-state index in [9.17, 15) is 14.4 Å². The van der Waals surface area contributed by atoms with E-state index in [1.165, 1.54) is 6.07 Å². The minimum absolute atomic E-state index is 0.00156. The Bertz CT molecular complexity index is 1530. The fourth-order valence-electron chi connectivity index (χ4n) is 4.96. The summed E-state index contributed by atoms with van der Waals surface area (Å²) in [6, 6.07) is 4.39. The molecule has 1 saturated heterocycles. The van der Waals surface area contributed by atoms with Gasteiger partial charge in [-0.15, -0.1) is 0 Å². The number of nitrogens with zero attached hydrogens (tertiary/aromatic N) is 3. The second-order valence-electron chi connectivity index (χ2n) is 9.05. The molecule has 38 heavy (non-hydrogen) atoms. The fourth-order valence-corrected chi connectivity index (χ4v) is 6.27. The lowest BCUT2D eigenvalue weighted by atomic mass is 9.95. The van der Waals surface area contributed by atoms with Crippen LogP contribution in [0.25, 0.3) is 26.1 Å². The van der Waals surface area contributed by atoms with Crippen LogP contribution in [0.15, 0.2) is 12.1 Å². The first-order valence-corrected chi connectivity index (χ1v) is 13.5. The predicted octanol–water partition coefficient (Wildman–Crippen LogP) is 6.34. The second kappa shape index (κ2) is 10.7. The van der Waals surface area contributed by atoms with Crippen LogP contribution in [-0.4, -0.2) is 49.7 Å². The van der Waals surface area contributed by atoms with Gasteiger partial charge in [-0.1, -0.05) is 31.0 Å². The number of piperazine rings is 1. The number of carbonyl (C=O) groups is 1. The zero-order valence-electron chi connectivity index (χ0n) is 20.6. The SMILES string of the molecule is C#[N+]c1sc2c(F)ccc(-c3c(F)c(OCCCC)c4c(c3Cl)OCC[C@H]3CNCCN3C4=O)c2c1C#N. The highest BCUT2D eigenvalue weighted by Gasteiger charge is 2.38. The van der Waals surface area contributed by atoms with E-state index < -0.39 is 17.5 Å². The van der Waals surface area contributed by atoms with Crippen molar-refractivity contribution in [3.63, 3.8) is 0 Å². The van der Waals surface area contributed by atoms with Crippen LogP contribution in [0.3, 0.4) is 0 Å². The van der Waals surface area contributed by atoms with Crippen molar-refractivity contribution >= 4 is 43.9 Å². The molecule has 1 amide bonds. The number of amides is 1. The van der Waals surface area contributed by atoms with E-state index in [0.717, 1.165) is 23.8 Å². The summed E-state index contributed by atoms with van der Waals surface area (Å²) >= 11 is 7.70. The quantitative estimate of drug-likeness (QED) is 0.370. The molecule has 3 heterocycles. The molecule has 0 radical (unpaired) electrons. The summed E-state index contributed by atoms with van der Waals surface area (Å²) in [4.78, 5) is 19.1. The number of unbranched alkanes of at least 4 members (excludes halogenated alkanes) is 1. The predicted molar refractivity (Wildman–Crippen MR) is 143 cm³/mol. The van der Waals surface area contributed by atoms with Crippen molar-refractivity contribution in [1.82, 2.24) is 10.2 Å². The number of carbonyl (C=O) groups excluding carboxylic acids is 1. The highest BCUT2D eigenvalue weighted by atomic mass is 35.5. The highest BCUT2D eigenvalue weighted by Crippen LogP contribution is 2.51. The van der Waals surface area contributed by atoms with Gasteiger partial charge >= 0.3 is 5.00 Å². The lowest BCUT2D eigenvalue weighted by molar-refractivity contribution is 0.0568. The summed E-state index contributed by atoms with van der Waals surface area (Å²) in [5.74, 6) is -2.19. The molecule has 11 heteroatoms. The Morgan fingerprint density at radius 2 is 2.21 bits per heavy atom. The lowest BCUT2D eigenvalue weighted by Crippen LogP contribution is -2.54. The lowest BCUT2D eigenvalue weighted by Gasteiger charge is -2.38. The third-order valence-electron chi connectivity index (χ3n) is 6.83. The van der Waals surface area contributed by atoms with Crippen molar-refractivity contribution in [2.75, 3.05) is 32.8 Å². The van der Waals surface area contributed by atoms with Gasteiger partial charge in [-0.2, -0.15) is 5.26 Å².